The van der Waals surface area contributed by atoms with Gasteiger partial charge >= 0.3 is 0 Å². The molecule has 1 N–H and O–H groups in total. The van der Waals surface area contributed by atoms with Crippen LogP contribution in [0.25, 0.3) is 0 Å². The van der Waals surface area contributed by atoms with Crippen LogP contribution in [0, 0.1) is 17.6 Å². The second-order valence-corrected chi connectivity index (χ2v) is 6.20. The first-order chi connectivity index (χ1) is 8.69. The summed E-state index contributed by atoms with van der Waals surface area (Å²) >= 11 is 0. The number of ether oxygens (including phenoxy) is 1. The molecule has 0 atom stereocenters. The van der Waals surface area contributed by atoms with Crippen molar-refractivity contribution in [2.45, 2.75) is 46.7 Å². The van der Waals surface area contributed by atoms with Gasteiger partial charge in [0.05, 0.1) is 6.61 Å². The molecule has 0 heterocycles. The van der Waals surface area contributed by atoms with Gasteiger partial charge in [0.1, 0.15) is 0 Å². The van der Waals surface area contributed by atoms with Crippen molar-refractivity contribution in [2.24, 2.45) is 5.92 Å². The van der Waals surface area contributed by atoms with Crippen LogP contribution in [0.1, 0.15) is 40.2 Å². The third kappa shape index (κ3) is 5.55. The molecule has 1 aromatic carbocycles. The predicted molar refractivity (Wildman–Crippen MR) is 73.3 cm³/mol. The summed E-state index contributed by atoms with van der Waals surface area (Å²) in [6, 6.07) is 2.63. The fraction of sp³-hybridized carbons (Fsp3) is 0.600. The first kappa shape index (κ1) is 15.9. The molecule has 0 aliphatic rings. The molecule has 2 nitrogen and oxygen atoms in total. The van der Waals surface area contributed by atoms with Crippen LogP contribution in [0.3, 0.4) is 0 Å². The second-order valence-electron chi connectivity index (χ2n) is 6.20. The average Bonchev–Trinajstić information content (AvgIpc) is 2.23. The molecule has 108 valence electrons. The van der Waals surface area contributed by atoms with Crippen LogP contribution in [0.15, 0.2) is 12.1 Å². The largest absolute Gasteiger partial charge is 0.487 e. The molecule has 0 bridgehead atoms. The highest BCUT2D eigenvalue weighted by Crippen LogP contribution is 2.24. The van der Waals surface area contributed by atoms with Gasteiger partial charge in [0.15, 0.2) is 17.4 Å². The van der Waals surface area contributed by atoms with Gasteiger partial charge in [-0.2, -0.15) is 0 Å². The molecule has 0 aliphatic carbocycles. The highest BCUT2D eigenvalue weighted by Gasteiger charge is 2.15. The minimum absolute atomic E-state index is 0.0975. The van der Waals surface area contributed by atoms with E-state index in [-0.39, 0.29) is 17.2 Å². The summed E-state index contributed by atoms with van der Waals surface area (Å²) in [7, 11) is 0. The maximum Gasteiger partial charge on any atom is 0.190 e. The molecule has 0 aliphatic heterocycles. The van der Waals surface area contributed by atoms with Crippen molar-refractivity contribution in [3.8, 4) is 5.75 Å². The Morgan fingerprint density at radius 1 is 1.16 bits per heavy atom. The summed E-state index contributed by atoms with van der Waals surface area (Å²) in [5.74, 6) is -1.35. The van der Waals surface area contributed by atoms with Crippen LogP contribution >= 0.6 is 0 Å². The van der Waals surface area contributed by atoms with Gasteiger partial charge in [0, 0.05) is 12.1 Å². The van der Waals surface area contributed by atoms with Gasteiger partial charge < -0.3 is 10.1 Å². The molecular formula is C15H23F2NO. The summed E-state index contributed by atoms with van der Waals surface area (Å²) in [6.07, 6.45) is 0. The van der Waals surface area contributed by atoms with E-state index in [1.54, 1.807) is 0 Å². The summed E-state index contributed by atoms with van der Waals surface area (Å²) in [5.41, 5.74) is 0.474. The topological polar surface area (TPSA) is 21.3 Å². The minimum atomic E-state index is -0.647. The SMILES string of the molecule is CC(C)COc1c(F)cc(CNC(C)(C)C)cc1F. The average molecular weight is 271 g/mol. The Kier molecular flexibility index (Phi) is 5.29. The van der Waals surface area contributed by atoms with Gasteiger partial charge in [-0.1, -0.05) is 13.8 Å². The lowest BCUT2D eigenvalue weighted by Gasteiger charge is -2.21. The van der Waals surface area contributed by atoms with E-state index < -0.39 is 11.6 Å². The molecule has 1 aromatic rings. The van der Waals surface area contributed by atoms with Gasteiger partial charge in [-0.15, -0.1) is 0 Å². The molecule has 0 amide bonds. The van der Waals surface area contributed by atoms with E-state index in [1.807, 2.05) is 34.6 Å². The monoisotopic (exact) mass is 271 g/mol. The normalized spacial score (nSPS) is 12.0. The number of benzene rings is 1. The summed E-state index contributed by atoms with van der Waals surface area (Å²) in [6.45, 7) is 10.6. The lowest BCUT2D eigenvalue weighted by molar-refractivity contribution is 0.246. The van der Waals surface area contributed by atoms with Gasteiger partial charge in [-0.05, 0) is 44.4 Å². The number of halogens is 2. The van der Waals surface area contributed by atoms with E-state index in [9.17, 15) is 8.78 Å². The highest BCUT2D eigenvalue weighted by molar-refractivity contribution is 5.31. The van der Waals surface area contributed by atoms with Crippen molar-refractivity contribution < 1.29 is 13.5 Å². The van der Waals surface area contributed by atoms with Crippen LogP contribution in [-0.2, 0) is 6.54 Å². The number of hydrogen-bond acceptors (Lipinski definition) is 2. The fourth-order valence-corrected chi connectivity index (χ4v) is 1.47. The first-order valence-electron chi connectivity index (χ1n) is 6.55. The van der Waals surface area contributed by atoms with E-state index in [1.165, 1.54) is 12.1 Å². The molecule has 19 heavy (non-hydrogen) atoms. The zero-order valence-corrected chi connectivity index (χ0v) is 12.3. The van der Waals surface area contributed by atoms with E-state index in [2.05, 4.69) is 5.32 Å². The quantitative estimate of drug-likeness (QED) is 0.877. The van der Waals surface area contributed by atoms with E-state index in [0.717, 1.165) is 0 Å². The Balaban J connectivity index is 2.79. The van der Waals surface area contributed by atoms with Crippen LogP contribution in [0.2, 0.25) is 0 Å². The number of hydrogen-bond donors (Lipinski definition) is 1. The van der Waals surface area contributed by atoms with Crippen molar-refractivity contribution in [3.63, 3.8) is 0 Å². The van der Waals surface area contributed by atoms with Crippen molar-refractivity contribution in [1.82, 2.24) is 5.32 Å². The molecule has 0 fully saturated rings. The predicted octanol–water partition coefficient (Wildman–Crippen LogP) is 3.89. The van der Waals surface area contributed by atoms with E-state index >= 15 is 0 Å². The lowest BCUT2D eigenvalue weighted by atomic mass is 10.1. The third-order valence-electron chi connectivity index (χ3n) is 2.44. The third-order valence-corrected chi connectivity index (χ3v) is 2.44. The number of rotatable bonds is 5. The zero-order chi connectivity index (χ0) is 14.6. The Hall–Kier alpha value is -1.16. The summed E-state index contributed by atoms with van der Waals surface area (Å²) in [5, 5.41) is 3.19. The molecule has 0 unspecified atom stereocenters. The van der Waals surface area contributed by atoms with E-state index in [4.69, 9.17) is 4.74 Å². The van der Waals surface area contributed by atoms with Crippen molar-refractivity contribution in [3.05, 3.63) is 29.3 Å². The molecule has 0 spiro atoms. The molecule has 0 saturated carbocycles. The standard InChI is InChI=1S/C15H23F2NO/c1-10(2)9-19-14-12(16)6-11(7-13(14)17)8-18-15(3,4)5/h6-7,10,18H,8-9H2,1-5H3. The molecule has 0 radical (unpaired) electrons. The van der Waals surface area contributed by atoms with Crippen molar-refractivity contribution in [1.29, 1.82) is 0 Å². The van der Waals surface area contributed by atoms with Gasteiger partial charge in [-0.3, -0.25) is 0 Å². The zero-order valence-electron chi connectivity index (χ0n) is 12.3. The Morgan fingerprint density at radius 2 is 1.68 bits per heavy atom. The van der Waals surface area contributed by atoms with Crippen LogP contribution in [-0.4, -0.2) is 12.1 Å². The maximum absolute atomic E-state index is 13.8. The van der Waals surface area contributed by atoms with Crippen molar-refractivity contribution >= 4 is 0 Å². The Bertz CT molecular complexity index is 402. The molecule has 1 rings (SSSR count). The molecule has 0 saturated heterocycles. The minimum Gasteiger partial charge on any atom is -0.487 e. The van der Waals surface area contributed by atoms with Crippen LogP contribution in [0.5, 0.6) is 5.75 Å². The fourth-order valence-electron chi connectivity index (χ4n) is 1.47. The maximum atomic E-state index is 13.8. The second kappa shape index (κ2) is 6.33. The van der Waals surface area contributed by atoms with Crippen LogP contribution < -0.4 is 10.1 Å². The van der Waals surface area contributed by atoms with Crippen LogP contribution in [0.4, 0.5) is 8.78 Å². The van der Waals surface area contributed by atoms with Gasteiger partial charge in [-0.25, -0.2) is 8.78 Å². The van der Waals surface area contributed by atoms with E-state index in [0.29, 0.717) is 18.7 Å². The number of nitrogens with one attached hydrogen (secondary N) is 1. The molecular weight excluding hydrogens is 248 g/mol. The van der Waals surface area contributed by atoms with Gasteiger partial charge in [0.2, 0.25) is 0 Å². The molecule has 4 heteroatoms. The van der Waals surface area contributed by atoms with Gasteiger partial charge in [0.25, 0.3) is 0 Å². The first-order valence-corrected chi connectivity index (χ1v) is 6.55. The summed E-state index contributed by atoms with van der Waals surface area (Å²) in [4.78, 5) is 0. The van der Waals surface area contributed by atoms with Crippen molar-refractivity contribution in [2.75, 3.05) is 6.61 Å². The Labute approximate surface area is 114 Å². The lowest BCUT2D eigenvalue weighted by Crippen LogP contribution is -2.35. The summed E-state index contributed by atoms with van der Waals surface area (Å²) < 4.78 is 32.7. The highest BCUT2D eigenvalue weighted by atomic mass is 19.1. The smallest absolute Gasteiger partial charge is 0.190 e. The molecule has 0 aromatic heterocycles. The Morgan fingerprint density at radius 3 is 2.11 bits per heavy atom.